The third-order valence-corrected chi connectivity index (χ3v) is 13.6. The Kier molecular flexibility index (Phi) is 19.9. The van der Waals surface area contributed by atoms with Gasteiger partial charge in [-0.3, -0.25) is 15.0 Å². The number of rotatable bonds is 27. The molecule has 0 radical (unpaired) electrons. The molecule has 0 spiro atoms. The monoisotopic (exact) mass is 970 g/mol. The molecule has 3 heterocycles. The van der Waals surface area contributed by atoms with Crippen LogP contribution in [0.3, 0.4) is 0 Å². The Morgan fingerprint density at radius 1 is 0.347 bits per heavy atom. The van der Waals surface area contributed by atoms with Gasteiger partial charge in [-0.1, -0.05) is 59.3 Å². The van der Waals surface area contributed by atoms with Crippen LogP contribution >= 0.6 is 0 Å². The molecule has 378 valence electrons. The number of nitrogens with zero attached hydrogens (tertiary/aromatic N) is 3. The van der Waals surface area contributed by atoms with Gasteiger partial charge in [-0.05, 0) is 199 Å². The van der Waals surface area contributed by atoms with Crippen LogP contribution in [0.15, 0.2) is 110 Å². The minimum absolute atomic E-state index is 0.0676. The molecule has 0 aliphatic carbocycles. The molecule has 3 aromatic heterocycles. The van der Waals surface area contributed by atoms with Crippen LogP contribution in [0, 0.1) is 20.8 Å². The first-order valence-electron chi connectivity index (χ1n) is 26.0. The Labute approximate surface area is 429 Å². The highest BCUT2D eigenvalue weighted by atomic mass is 16.7. The SMILES string of the molecule is CCCCCc1cc(-c2ccncc2)c(OCOC)c(-c2c(C)c(-c3cc(CCCCC)cc(-c4ccncc4)c3OCOC)c(C)c(-c3cc(CCCCC)cc(-c4ccncc4)c3OCOC)c2C)c1. The molecule has 7 rings (SSSR count). The van der Waals surface area contributed by atoms with Crippen molar-refractivity contribution in [2.75, 3.05) is 41.7 Å². The molecule has 9 heteroatoms. The van der Waals surface area contributed by atoms with Crippen LogP contribution in [0.4, 0.5) is 0 Å². The maximum Gasteiger partial charge on any atom is 0.188 e. The van der Waals surface area contributed by atoms with Crippen molar-refractivity contribution in [2.45, 2.75) is 119 Å². The van der Waals surface area contributed by atoms with Crippen molar-refractivity contribution in [3.63, 3.8) is 0 Å². The van der Waals surface area contributed by atoms with Crippen molar-refractivity contribution in [2.24, 2.45) is 0 Å². The molecule has 0 N–H and O–H groups in total. The molecule has 0 saturated heterocycles. The summed E-state index contributed by atoms with van der Waals surface area (Å²) >= 11 is 0. The third kappa shape index (κ3) is 12.6. The molecule has 72 heavy (non-hydrogen) atoms. The van der Waals surface area contributed by atoms with Gasteiger partial charge in [0.15, 0.2) is 20.4 Å². The van der Waals surface area contributed by atoms with E-state index < -0.39 is 0 Å². The summed E-state index contributed by atoms with van der Waals surface area (Å²) < 4.78 is 37.8. The number of aromatic nitrogens is 3. The summed E-state index contributed by atoms with van der Waals surface area (Å²) in [5.74, 6) is 2.24. The van der Waals surface area contributed by atoms with Crippen LogP contribution in [-0.4, -0.2) is 56.7 Å². The van der Waals surface area contributed by atoms with Gasteiger partial charge in [-0.25, -0.2) is 0 Å². The van der Waals surface area contributed by atoms with E-state index in [0.29, 0.717) is 0 Å². The molecular weight excluding hydrogens is 895 g/mol. The fraction of sp³-hybridized carbons (Fsp3) is 0.381. The summed E-state index contributed by atoms with van der Waals surface area (Å²) in [5, 5.41) is 0. The second kappa shape index (κ2) is 26.9. The third-order valence-electron chi connectivity index (χ3n) is 13.6. The summed E-state index contributed by atoms with van der Waals surface area (Å²) in [5.41, 5.74) is 19.2. The average Bonchev–Trinajstić information content (AvgIpc) is 3.40. The zero-order valence-electron chi connectivity index (χ0n) is 44.3. The summed E-state index contributed by atoms with van der Waals surface area (Å²) in [7, 11) is 5.02. The van der Waals surface area contributed by atoms with Crippen molar-refractivity contribution in [3.05, 3.63) is 143 Å². The fourth-order valence-corrected chi connectivity index (χ4v) is 10.3. The van der Waals surface area contributed by atoms with Crippen LogP contribution in [-0.2, 0) is 33.5 Å². The van der Waals surface area contributed by atoms with Gasteiger partial charge < -0.3 is 28.4 Å². The van der Waals surface area contributed by atoms with E-state index in [1.807, 2.05) is 37.2 Å². The molecule has 0 atom stereocenters. The van der Waals surface area contributed by atoms with Gasteiger partial charge in [0, 0.05) is 91.9 Å². The van der Waals surface area contributed by atoms with E-state index in [-0.39, 0.29) is 20.4 Å². The van der Waals surface area contributed by atoms with Gasteiger partial charge in [0.1, 0.15) is 17.2 Å². The molecule has 0 unspecified atom stereocenters. The number of hydrogen-bond donors (Lipinski definition) is 0. The van der Waals surface area contributed by atoms with Gasteiger partial charge in [-0.2, -0.15) is 0 Å². The van der Waals surface area contributed by atoms with Crippen molar-refractivity contribution in [3.8, 4) is 84.0 Å². The lowest BCUT2D eigenvalue weighted by atomic mass is 9.78. The number of benzene rings is 4. The number of unbranched alkanes of at least 4 members (excludes halogenated alkanes) is 6. The zero-order chi connectivity index (χ0) is 50.8. The van der Waals surface area contributed by atoms with E-state index in [4.69, 9.17) is 28.4 Å². The summed E-state index contributed by atoms with van der Waals surface area (Å²) in [6, 6.07) is 26.4. The van der Waals surface area contributed by atoms with Gasteiger partial charge in [-0.15, -0.1) is 0 Å². The van der Waals surface area contributed by atoms with E-state index in [1.54, 1.807) is 21.3 Å². The van der Waals surface area contributed by atoms with Crippen LogP contribution in [0.2, 0.25) is 0 Å². The molecule has 7 aromatic rings. The molecule has 0 saturated carbocycles. The summed E-state index contributed by atoms with van der Waals surface area (Å²) in [4.78, 5) is 13.3. The van der Waals surface area contributed by atoms with Crippen LogP contribution in [0.1, 0.15) is 112 Å². The zero-order valence-corrected chi connectivity index (χ0v) is 44.3. The molecule has 4 aromatic carbocycles. The molecule has 0 fully saturated rings. The number of methoxy groups -OCH3 is 3. The van der Waals surface area contributed by atoms with Crippen molar-refractivity contribution in [1.82, 2.24) is 15.0 Å². The predicted molar refractivity (Wildman–Crippen MR) is 294 cm³/mol. The Balaban J connectivity index is 1.71. The highest BCUT2D eigenvalue weighted by Crippen LogP contribution is 2.54. The number of pyridine rings is 3. The summed E-state index contributed by atoms with van der Waals surface area (Å²) in [6.45, 7) is 13.8. The number of ether oxygens (including phenoxy) is 6. The first-order valence-corrected chi connectivity index (χ1v) is 26.0. The number of aryl methyl sites for hydroxylation is 3. The Hall–Kier alpha value is -6.39. The highest BCUT2D eigenvalue weighted by Gasteiger charge is 2.30. The number of hydrogen-bond acceptors (Lipinski definition) is 9. The predicted octanol–water partition coefficient (Wildman–Crippen LogP) is 15.9. The topological polar surface area (TPSA) is 94.1 Å². The maximum atomic E-state index is 6.86. The lowest BCUT2D eigenvalue weighted by Gasteiger charge is -2.29. The largest absolute Gasteiger partial charge is 0.466 e. The molecule has 0 bridgehead atoms. The minimum Gasteiger partial charge on any atom is -0.466 e. The second-order valence-electron chi connectivity index (χ2n) is 18.8. The van der Waals surface area contributed by atoms with Gasteiger partial charge in [0.05, 0.1) is 0 Å². The fourth-order valence-electron chi connectivity index (χ4n) is 10.3. The molecular formula is C63H75N3O6. The highest BCUT2D eigenvalue weighted by molar-refractivity contribution is 5.99. The lowest BCUT2D eigenvalue weighted by Crippen LogP contribution is -2.09. The van der Waals surface area contributed by atoms with Crippen LogP contribution in [0.5, 0.6) is 17.2 Å². The maximum absolute atomic E-state index is 6.86. The smallest absolute Gasteiger partial charge is 0.188 e. The summed E-state index contributed by atoms with van der Waals surface area (Å²) in [6.07, 6.45) is 23.8. The molecule has 0 amide bonds. The van der Waals surface area contributed by atoms with E-state index in [1.165, 1.54) is 16.7 Å². The minimum atomic E-state index is 0.0676. The van der Waals surface area contributed by atoms with Crippen molar-refractivity contribution in [1.29, 1.82) is 0 Å². The van der Waals surface area contributed by atoms with Crippen molar-refractivity contribution < 1.29 is 28.4 Å². The van der Waals surface area contributed by atoms with E-state index in [9.17, 15) is 0 Å². The Morgan fingerprint density at radius 3 is 0.833 bits per heavy atom. The first-order chi connectivity index (χ1) is 35.3. The van der Waals surface area contributed by atoms with E-state index in [2.05, 4.69) is 129 Å². The quantitative estimate of drug-likeness (QED) is 0.0369. The second-order valence-corrected chi connectivity index (χ2v) is 18.8. The molecule has 0 aliphatic heterocycles. The normalized spacial score (nSPS) is 11.3. The van der Waals surface area contributed by atoms with Crippen molar-refractivity contribution >= 4 is 0 Å². The van der Waals surface area contributed by atoms with Gasteiger partial charge >= 0.3 is 0 Å². The van der Waals surface area contributed by atoms with Crippen LogP contribution < -0.4 is 14.2 Å². The standard InChI is InChI=1S/C63H75N3O6/c1-10-13-16-19-46-34-52(49-22-28-64-29-23-49)61(70-40-67-7)55(37-46)58-43(4)59(56-38-47(20-17-14-11-2)35-53(62(56)71-41-68-8)50-24-30-65-31-25-50)45(6)60(44(58)5)57-39-48(21-18-15-12-3)36-54(63(57)72-42-69-9)51-26-32-66-33-27-51/h22-39H,10-21,40-42H2,1-9H3. The Bertz CT molecular complexity index is 2500. The van der Waals surface area contributed by atoms with Gasteiger partial charge in [0.25, 0.3) is 0 Å². The van der Waals surface area contributed by atoms with E-state index in [0.717, 1.165) is 178 Å². The van der Waals surface area contributed by atoms with Gasteiger partial charge in [0.2, 0.25) is 0 Å². The van der Waals surface area contributed by atoms with E-state index >= 15 is 0 Å². The average molecular weight is 970 g/mol. The lowest BCUT2D eigenvalue weighted by molar-refractivity contribution is 0.0518. The molecule has 0 aliphatic rings. The molecule has 9 nitrogen and oxygen atoms in total. The van der Waals surface area contributed by atoms with Crippen LogP contribution in [0.25, 0.3) is 66.8 Å². The first kappa shape index (κ1) is 53.4. The Morgan fingerprint density at radius 2 is 0.597 bits per heavy atom.